The molecule has 2 atom stereocenters. The zero-order valence-electron chi connectivity index (χ0n) is 11.2. The summed E-state index contributed by atoms with van der Waals surface area (Å²) in [7, 11) is 2.04. The number of likely N-dealkylation sites (tertiary alicyclic amines) is 1. The molecule has 1 aliphatic rings. The summed E-state index contributed by atoms with van der Waals surface area (Å²) in [5.41, 5.74) is 8.46. The van der Waals surface area contributed by atoms with Crippen LogP contribution in [0.15, 0.2) is 6.07 Å². The van der Waals surface area contributed by atoms with Gasteiger partial charge >= 0.3 is 0 Å². The van der Waals surface area contributed by atoms with Gasteiger partial charge < -0.3 is 5.73 Å². The highest BCUT2D eigenvalue weighted by Gasteiger charge is 2.25. The number of nitrogens with zero attached hydrogens (tertiary/aromatic N) is 3. The van der Waals surface area contributed by atoms with E-state index in [9.17, 15) is 0 Å². The van der Waals surface area contributed by atoms with Crippen LogP contribution >= 0.6 is 0 Å². The Morgan fingerprint density at radius 2 is 2.35 bits per heavy atom. The molecule has 0 radical (unpaired) electrons. The molecule has 2 heterocycles. The van der Waals surface area contributed by atoms with Crippen LogP contribution < -0.4 is 5.73 Å². The molecule has 17 heavy (non-hydrogen) atoms. The highest BCUT2D eigenvalue weighted by molar-refractivity contribution is 5.10. The SMILES string of the molecule is CCc1cc(CN2CCC(C(C)N)C2)n(C)n1. The van der Waals surface area contributed by atoms with Crippen molar-refractivity contribution in [3.63, 3.8) is 0 Å². The van der Waals surface area contributed by atoms with Crippen molar-refractivity contribution in [1.29, 1.82) is 0 Å². The van der Waals surface area contributed by atoms with E-state index in [1.807, 2.05) is 11.7 Å². The summed E-state index contributed by atoms with van der Waals surface area (Å²) in [5, 5.41) is 4.49. The Bertz CT molecular complexity index is 369. The number of rotatable bonds is 4. The predicted octanol–water partition coefficient (Wildman–Crippen LogP) is 1.15. The molecular weight excluding hydrogens is 212 g/mol. The summed E-state index contributed by atoms with van der Waals surface area (Å²) in [6, 6.07) is 2.54. The number of aryl methyl sites for hydroxylation is 2. The van der Waals surface area contributed by atoms with E-state index in [-0.39, 0.29) is 0 Å². The van der Waals surface area contributed by atoms with Gasteiger partial charge in [-0.2, -0.15) is 5.10 Å². The second kappa shape index (κ2) is 5.19. The Kier molecular flexibility index (Phi) is 3.84. The van der Waals surface area contributed by atoms with Crippen LogP contribution in [-0.4, -0.2) is 33.8 Å². The molecule has 1 fully saturated rings. The summed E-state index contributed by atoms with van der Waals surface area (Å²) >= 11 is 0. The molecule has 4 heteroatoms. The van der Waals surface area contributed by atoms with Crippen LogP contribution in [0, 0.1) is 5.92 Å². The molecule has 0 amide bonds. The van der Waals surface area contributed by atoms with Crippen molar-refractivity contribution in [2.45, 2.75) is 39.3 Å². The Morgan fingerprint density at radius 1 is 1.59 bits per heavy atom. The smallest absolute Gasteiger partial charge is 0.0625 e. The quantitative estimate of drug-likeness (QED) is 0.853. The van der Waals surface area contributed by atoms with Gasteiger partial charge in [-0.15, -0.1) is 0 Å². The molecule has 1 aromatic heterocycles. The molecule has 4 nitrogen and oxygen atoms in total. The molecule has 2 N–H and O–H groups in total. The van der Waals surface area contributed by atoms with Gasteiger partial charge in [0.2, 0.25) is 0 Å². The lowest BCUT2D eigenvalue weighted by atomic mass is 10.0. The van der Waals surface area contributed by atoms with Crippen LogP contribution in [0.1, 0.15) is 31.7 Å². The third-order valence-corrected chi connectivity index (χ3v) is 3.83. The second-order valence-electron chi connectivity index (χ2n) is 5.25. The molecule has 1 aromatic rings. The molecule has 2 rings (SSSR count). The molecule has 0 aromatic carbocycles. The van der Waals surface area contributed by atoms with Gasteiger partial charge in [0.05, 0.1) is 11.4 Å². The van der Waals surface area contributed by atoms with Crippen molar-refractivity contribution >= 4 is 0 Å². The van der Waals surface area contributed by atoms with Gasteiger partial charge in [-0.05, 0) is 38.3 Å². The summed E-state index contributed by atoms with van der Waals surface area (Å²) in [4.78, 5) is 2.49. The minimum atomic E-state index is 0.317. The van der Waals surface area contributed by atoms with Gasteiger partial charge in [0.15, 0.2) is 0 Å². The van der Waals surface area contributed by atoms with E-state index in [4.69, 9.17) is 5.73 Å². The van der Waals surface area contributed by atoms with Gasteiger partial charge in [-0.1, -0.05) is 6.92 Å². The first-order valence-corrected chi connectivity index (χ1v) is 6.60. The lowest BCUT2D eigenvalue weighted by molar-refractivity contribution is 0.300. The van der Waals surface area contributed by atoms with Crippen molar-refractivity contribution in [3.05, 3.63) is 17.5 Å². The van der Waals surface area contributed by atoms with E-state index in [0.29, 0.717) is 12.0 Å². The Labute approximate surface area is 104 Å². The molecule has 0 spiro atoms. The van der Waals surface area contributed by atoms with Crippen molar-refractivity contribution < 1.29 is 0 Å². The maximum atomic E-state index is 5.96. The number of hydrogen-bond donors (Lipinski definition) is 1. The monoisotopic (exact) mass is 236 g/mol. The summed E-state index contributed by atoms with van der Waals surface area (Å²) in [6.07, 6.45) is 2.24. The fourth-order valence-electron chi connectivity index (χ4n) is 2.56. The average Bonchev–Trinajstić information content (AvgIpc) is 2.87. The van der Waals surface area contributed by atoms with Gasteiger partial charge in [0.1, 0.15) is 0 Å². The summed E-state index contributed by atoms with van der Waals surface area (Å²) < 4.78 is 2.01. The van der Waals surface area contributed by atoms with Gasteiger partial charge in [-0.25, -0.2) is 0 Å². The van der Waals surface area contributed by atoms with E-state index in [1.165, 1.54) is 24.4 Å². The Balaban J connectivity index is 1.95. The van der Waals surface area contributed by atoms with Crippen molar-refractivity contribution in [2.24, 2.45) is 18.7 Å². The van der Waals surface area contributed by atoms with Crippen LogP contribution in [0.2, 0.25) is 0 Å². The van der Waals surface area contributed by atoms with Crippen LogP contribution in [0.5, 0.6) is 0 Å². The van der Waals surface area contributed by atoms with Gasteiger partial charge in [-0.3, -0.25) is 9.58 Å². The van der Waals surface area contributed by atoms with E-state index >= 15 is 0 Å². The molecule has 0 bridgehead atoms. The molecular formula is C13H24N4. The highest BCUT2D eigenvalue weighted by atomic mass is 15.3. The van der Waals surface area contributed by atoms with Crippen LogP contribution in [0.3, 0.4) is 0 Å². The fourth-order valence-corrected chi connectivity index (χ4v) is 2.56. The minimum Gasteiger partial charge on any atom is -0.328 e. The highest BCUT2D eigenvalue weighted by Crippen LogP contribution is 2.20. The molecule has 0 saturated carbocycles. The second-order valence-corrected chi connectivity index (χ2v) is 5.25. The van der Waals surface area contributed by atoms with Gasteiger partial charge in [0.25, 0.3) is 0 Å². The first kappa shape index (κ1) is 12.6. The van der Waals surface area contributed by atoms with Crippen molar-refractivity contribution in [3.8, 4) is 0 Å². The molecule has 0 aliphatic carbocycles. The lowest BCUT2D eigenvalue weighted by Gasteiger charge is -2.17. The predicted molar refractivity (Wildman–Crippen MR) is 69.6 cm³/mol. The average molecular weight is 236 g/mol. The Morgan fingerprint density at radius 3 is 2.88 bits per heavy atom. The maximum Gasteiger partial charge on any atom is 0.0625 e. The lowest BCUT2D eigenvalue weighted by Crippen LogP contribution is -2.29. The largest absolute Gasteiger partial charge is 0.328 e. The molecule has 1 aliphatic heterocycles. The molecule has 1 saturated heterocycles. The Hall–Kier alpha value is -0.870. The van der Waals surface area contributed by atoms with Crippen LogP contribution in [0.4, 0.5) is 0 Å². The van der Waals surface area contributed by atoms with Crippen molar-refractivity contribution in [1.82, 2.24) is 14.7 Å². The maximum absolute atomic E-state index is 5.96. The number of nitrogens with two attached hydrogens (primary N) is 1. The van der Waals surface area contributed by atoms with E-state index in [1.54, 1.807) is 0 Å². The zero-order chi connectivity index (χ0) is 12.4. The van der Waals surface area contributed by atoms with Crippen molar-refractivity contribution in [2.75, 3.05) is 13.1 Å². The van der Waals surface area contributed by atoms with Crippen LogP contribution in [0.25, 0.3) is 0 Å². The zero-order valence-corrected chi connectivity index (χ0v) is 11.2. The van der Waals surface area contributed by atoms with Gasteiger partial charge in [0, 0.05) is 26.2 Å². The van der Waals surface area contributed by atoms with E-state index < -0.39 is 0 Å². The minimum absolute atomic E-state index is 0.317. The standard InChI is InChI=1S/C13H24N4/c1-4-12-7-13(16(3)15-12)9-17-6-5-11(8-17)10(2)14/h7,10-11H,4-6,8-9,14H2,1-3H3. The van der Waals surface area contributed by atoms with Crippen LogP contribution in [-0.2, 0) is 20.0 Å². The van der Waals surface area contributed by atoms with E-state index in [2.05, 4.69) is 29.9 Å². The fraction of sp³-hybridized carbons (Fsp3) is 0.769. The van der Waals surface area contributed by atoms with E-state index in [0.717, 1.165) is 19.5 Å². The molecule has 2 unspecified atom stereocenters. The normalized spacial score (nSPS) is 23.2. The third kappa shape index (κ3) is 2.87. The first-order chi connectivity index (χ1) is 8.10. The third-order valence-electron chi connectivity index (χ3n) is 3.83. The topological polar surface area (TPSA) is 47.1 Å². The summed E-state index contributed by atoms with van der Waals surface area (Å²) in [6.45, 7) is 7.57. The summed E-state index contributed by atoms with van der Waals surface area (Å²) in [5.74, 6) is 0.661. The first-order valence-electron chi connectivity index (χ1n) is 6.60. The number of aromatic nitrogens is 2. The molecule has 96 valence electrons. The number of hydrogen-bond acceptors (Lipinski definition) is 3.